The molecular weight excluding hydrogens is 208 g/mol. The van der Waals surface area contributed by atoms with Gasteiger partial charge in [-0.05, 0) is 37.8 Å². The Morgan fingerprint density at radius 2 is 1.88 bits per heavy atom. The number of hydrogen-bond donors (Lipinski definition) is 1. The molecule has 0 bridgehead atoms. The van der Waals surface area contributed by atoms with Crippen molar-refractivity contribution in [3.05, 3.63) is 29.8 Å². The maximum atomic E-state index is 6.11. The summed E-state index contributed by atoms with van der Waals surface area (Å²) in [4.78, 5) is 2.41. The lowest BCUT2D eigenvalue weighted by Crippen LogP contribution is -2.33. The maximum Gasteiger partial charge on any atom is 0.0395 e. The highest BCUT2D eigenvalue weighted by Crippen LogP contribution is 2.19. The molecule has 2 N–H and O–H groups in total. The highest BCUT2D eigenvalue weighted by molar-refractivity contribution is 5.52. The summed E-state index contributed by atoms with van der Waals surface area (Å²) in [7, 11) is 0. The van der Waals surface area contributed by atoms with Crippen LogP contribution >= 0.6 is 0 Å². The monoisotopic (exact) mass is 234 g/mol. The molecule has 0 aliphatic rings. The molecule has 0 saturated carbocycles. The van der Waals surface area contributed by atoms with Crippen LogP contribution in [0.4, 0.5) is 5.69 Å². The molecule has 0 spiro atoms. The van der Waals surface area contributed by atoms with Crippen LogP contribution < -0.4 is 10.6 Å². The van der Waals surface area contributed by atoms with Crippen LogP contribution in [0.15, 0.2) is 24.3 Å². The number of para-hydroxylation sites is 1. The second-order valence-corrected chi connectivity index (χ2v) is 5.06. The summed E-state index contributed by atoms with van der Waals surface area (Å²) in [5.74, 6) is 0.561. The van der Waals surface area contributed by atoms with Gasteiger partial charge in [0.1, 0.15) is 0 Å². The van der Waals surface area contributed by atoms with Gasteiger partial charge in [-0.25, -0.2) is 0 Å². The van der Waals surface area contributed by atoms with E-state index in [1.165, 1.54) is 11.3 Å². The van der Waals surface area contributed by atoms with Crippen molar-refractivity contribution in [1.82, 2.24) is 0 Å². The Bertz CT molecular complexity index is 333. The van der Waals surface area contributed by atoms with Crippen molar-refractivity contribution < 1.29 is 0 Å². The Morgan fingerprint density at radius 1 is 1.24 bits per heavy atom. The largest absolute Gasteiger partial charge is 0.372 e. The summed E-state index contributed by atoms with van der Waals surface area (Å²) in [6, 6.07) is 8.85. The molecule has 17 heavy (non-hydrogen) atoms. The van der Waals surface area contributed by atoms with E-state index in [-0.39, 0.29) is 0 Å². The Kier molecular flexibility index (Phi) is 5.49. The van der Waals surface area contributed by atoms with E-state index >= 15 is 0 Å². The second-order valence-electron chi connectivity index (χ2n) is 5.06. The van der Waals surface area contributed by atoms with Crippen molar-refractivity contribution in [2.24, 2.45) is 11.7 Å². The minimum Gasteiger partial charge on any atom is -0.372 e. The van der Waals surface area contributed by atoms with Crippen LogP contribution in [-0.2, 0) is 0 Å². The smallest absolute Gasteiger partial charge is 0.0395 e. The van der Waals surface area contributed by atoms with Crippen LogP contribution in [0.3, 0.4) is 0 Å². The van der Waals surface area contributed by atoms with Crippen LogP contribution in [0, 0.1) is 12.8 Å². The topological polar surface area (TPSA) is 29.3 Å². The third kappa shape index (κ3) is 4.04. The predicted octanol–water partition coefficient (Wildman–Crippen LogP) is 3.19. The van der Waals surface area contributed by atoms with Gasteiger partial charge in [0.05, 0.1) is 0 Å². The van der Waals surface area contributed by atoms with Crippen LogP contribution in [-0.4, -0.2) is 19.1 Å². The van der Waals surface area contributed by atoms with E-state index in [4.69, 9.17) is 5.73 Å². The SMILES string of the molecule is CCN(CCC(N)C(C)C)c1ccccc1C. The highest BCUT2D eigenvalue weighted by Gasteiger charge is 2.11. The van der Waals surface area contributed by atoms with E-state index in [1.807, 2.05) is 0 Å². The predicted molar refractivity (Wildman–Crippen MR) is 76.5 cm³/mol. The first-order valence-electron chi connectivity index (χ1n) is 6.62. The maximum absolute atomic E-state index is 6.11. The summed E-state index contributed by atoms with van der Waals surface area (Å²) >= 11 is 0. The molecule has 1 atom stereocenters. The van der Waals surface area contributed by atoms with E-state index in [0.717, 1.165) is 19.5 Å². The molecule has 0 radical (unpaired) electrons. The van der Waals surface area contributed by atoms with Gasteiger partial charge in [0.25, 0.3) is 0 Å². The van der Waals surface area contributed by atoms with Crippen molar-refractivity contribution in [2.45, 2.75) is 40.2 Å². The Labute approximate surface area is 106 Å². The number of rotatable bonds is 6. The normalized spacial score (nSPS) is 12.8. The zero-order valence-electron chi connectivity index (χ0n) is 11.6. The fraction of sp³-hybridized carbons (Fsp3) is 0.600. The number of nitrogens with zero attached hydrogens (tertiary/aromatic N) is 1. The van der Waals surface area contributed by atoms with E-state index in [9.17, 15) is 0 Å². The molecule has 0 aliphatic heterocycles. The van der Waals surface area contributed by atoms with E-state index < -0.39 is 0 Å². The molecule has 0 fully saturated rings. The highest BCUT2D eigenvalue weighted by atomic mass is 15.1. The number of nitrogens with two attached hydrogens (primary N) is 1. The average molecular weight is 234 g/mol. The van der Waals surface area contributed by atoms with E-state index in [0.29, 0.717) is 12.0 Å². The fourth-order valence-corrected chi connectivity index (χ4v) is 2.01. The molecule has 2 nitrogen and oxygen atoms in total. The van der Waals surface area contributed by atoms with Crippen molar-refractivity contribution >= 4 is 5.69 Å². The van der Waals surface area contributed by atoms with Crippen LogP contribution in [0.1, 0.15) is 32.8 Å². The second kappa shape index (κ2) is 6.65. The van der Waals surface area contributed by atoms with Gasteiger partial charge in [0, 0.05) is 24.8 Å². The van der Waals surface area contributed by atoms with Crippen LogP contribution in [0.2, 0.25) is 0 Å². The van der Waals surface area contributed by atoms with Crippen LogP contribution in [0.25, 0.3) is 0 Å². The van der Waals surface area contributed by atoms with E-state index in [2.05, 4.69) is 56.9 Å². The Balaban J connectivity index is 2.64. The molecule has 0 heterocycles. The summed E-state index contributed by atoms with van der Waals surface area (Å²) in [6.07, 6.45) is 1.06. The molecule has 0 saturated heterocycles. The number of anilines is 1. The molecule has 0 aromatic heterocycles. The molecular formula is C15H26N2. The first-order valence-corrected chi connectivity index (χ1v) is 6.62. The molecule has 96 valence electrons. The van der Waals surface area contributed by atoms with Gasteiger partial charge in [0.15, 0.2) is 0 Å². The lowest BCUT2D eigenvalue weighted by molar-refractivity contribution is 0.463. The summed E-state index contributed by atoms with van der Waals surface area (Å²) in [5.41, 5.74) is 8.79. The minimum atomic E-state index is 0.299. The van der Waals surface area contributed by atoms with Crippen molar-refractivity contribution in [2.75, 3.05) is 18.0 Å². The fourth-order valence-electron chi connectivity index (χ4n) is 2.01. The third-order valence-corrected chi connectivity index (χ3v) is 3.43. The van der Waals surface area contributed by atoms with E-state index in [1.54, 1.807) is 0 Å². The third-order valence-electron chi connectivity index (χ3n) is 3.43. The van der Waals surface area contributed by atoms with Gasteiger partial charge in [0.2, 0.25) is 0 Å². The molecule has 0 amide bonds. The standard InChI is InChI=1S/C15H26N2/c1-5-17(11-10-14(16)12(2)3)15-9-7-6-8-13(15)4/h6-9,12,14H,5,10-11,16H2,1-4H3. The molecule has 1 aromatic carbocycles. The average Bonchev–Trinajstić information content (AvgIpc) is 2.31. The first kappa shape index (κ1) is 14.0. The first-order chi connectivity index (χ1) is 8.06. The molecule has 1 aromatic rings. The van der Waals surface area contributed by atoms with Gasteiger partial charge in [-0.3, -0.25) is 0 Å². The van der Waals surface area contributed by atoms with Gasteiger partial charge in [-0.15, -0.1) is 0 Å². The molecule has 0 aliphatic carbocycles. The van der Waals surface area contributed by atoms with Gasteiger partial charge in [-0.1, -0.05) is 32.0 Å². The zero-order chi connectivity index (χ0) is 12.8. The quantitative estimate of drug-likeness (QED) is 0.819. The molecule has 1 rings (SSSR count). The van der Waals surface area contributed by atoms with Gasteiger partial charge < -0.3 is 10.6 Å². The summed E-state index contributed by atoms with van der Waals surface area (Å²) in [6.45, 7) is 10.8. The Hall–Kier alpha value is -1.02. The molecule has 2 heteroatoms. The lowest BCUT2D eigenvalue weighted by Gasteiger charge is -2.27. The van der Waals surface area contributed by atoms with Gasteiger partial charge in [-0.2, -0.15) is 0 Å². The Morgan fingerprint density at radius 3 is 2.41 bits per heavy atom. The minimum absolute atomic E-state index is 0.299. The number of aryl methyl sites for hydroxylation is 1. The van der Waals surface area contributed by atoms with Crippen molar-refractivity contribution in [3.63, 3.8) is 0 Å². The van der Waals surface area contributed by atoms with Gasteiger partial charge >= 0.3 is 0 Å². The van der Waals surface area contributed by atoms with Crippen molar-refractivity contribution in [3.8, 4) is 0 Å². The molecule has 1 unspecified atom stereocenters. The number of hydrogen-bond acceptors (Lipinski definition) is 2. The number of benzene rings is 1. The van der Waals surface area contributed by atoms with Crippen LogP contribution in [0.5, 0.6) is 0 Å². The lowest BCUT2D eigenvalue weighted by atomic mass is 10.0. The summed E-state index contributed by atoms with van der Waals surface area (Å²) < 4.78 is 0. The van der Waals surface area contributed by atoms with Crippen molar-refractivity contribution in [1.29, 1.82) is 0 Å². The summed E-state index contributed by atoms with van der Waals surface area (Å²) in [5, 5.41) is 0. The zero-order valence-corrected chi connectivity index (χ0v) is 11.6.